The monoisotopic (exact) mass is 299 g/mol. The van der Waals surface area contributed by atoms with Crippen LogP contribution < -0.4 is 5.32 Å². The topological polar surface area (TPSA) is 29.1 Å². The molecule has 0 saturated heterocycles. The Hall–Kier alpha value is -1.73. The fourth-order valence-electron chi connectivity index (χ4n) is 1.37. The van der Waals surface area contributed by atoms with Gasteiger partial charge in [0.15, 0.2) is 0 Å². The molecular weight excluding hydrogens is 288 g/mol. The molecule has 0 bridgehead atoms. The zero-order valence-electron chi connectivity index (χ0n) is 10.3. The standard InChI is InChI=1S/C12H11F6NO/c1-10(11(13,14)15,12(16,17)18)9(20)19-7-8-5-3-2-4-6-8/h2-6H,7H2,1H3,(H,19,20). The molecule has 0 aromatic heterocycles. The average molecular weight is 299 g/mol. The summed E-state index contributed by atoms with van der Waals surface area (Å²) in [6.07, 6.45) is -11.5. The fraction of sp³-hybridized carbons (Fsp3) is 0.417. The Morgan fingerprint density at radius 1 is 1.00 bits per heavy atom. The molecule has 0 aliphatic heterocycles. The number of carbonyl (C=O) groups excluding carboxylic acids is 1. The van der Waals surface area contributed by atoms with Crippen LogP contribution in [-0.2, 0) is 11.3 Å². The van der Waals surface area contributed by atoms with Crippen LogP contribution in [0.15, 0.2) is 30.3 Å². The molecule has 1 rings (SSSR count). The molecule has 1 amide bonds. The van der Waals surface area contributed by atoms with Crippen LogP contribution in [0.5, 0.6) is 0 Å². The molecule has 1 aromatic rings. The van der Waals surface area contributed by atoms with Gasteiger partial charge in [-0.3, -0.25) is 4.79 Å². The van der Waals surface area contributed by atoms with Crippen molar-refractivity contribution >= 4 is 5.91 Å². The minimum atomic E-state index is -5.73. The van der Waals surface area contributed by atoms with Crippen LogP contribution in [0.25, 0.3) is 0 Å². The molecule has 1 aromatic carbocycles. The lowest BCUT2D eigenvalue weighted by molar-refractivity contribution is -0.319. The summed E-state index contributed by atoms with van der Waals surface area (Å²) < 4.78 is 75.6. The van der Waals surface area contributed by atoms with Crippen LogP contribution in [0.1, 0.15) is 12.5 Å². The van der Waals surface area contributed by atoms with Crippen molar-refractivity contribution in [1.82, 2.24) is 5.32 Å². The van der Waals surface area contributed by atoms with Gasteiger partial charge in [-0.15, -0.1) is 0 Å². The zero-order valence-corrected chi connectivity index (χ0v) is 10.3. The van der Waals surface area contributed by atoms with Crippen molar-refractivity contribution in [2.75, 3.05) is 0 Å². The predicted molar refractivity (Wildman–Crippen MR) is 58.5 cm³/mol. The molecule has 1 N–H and O–H groups in total. The highest BCUT2D eigenvalue weighted by Crippen LogP contribution is 2.50. The van der Waals surface area contributed by atoms with Crippen molar-refractivity contribution < 1.29 is 31.1 Å². The van der Waals surface area contributed by atoms with Crippen LogP contribution in [0.4, 0.5) is 26.3 Å². The molecular formula is C12H11F6NO. The molecule has 0 spiro atoms. The van der Waals surface area contributed by atoms with Crippen molar-refractivity contribution in [3.8, 4) is 0 Å². The van der Waals surface area contributed by atoms with E-state index in [-0.39, 0.29) is 6.92 Å². The quantitative estimate of drug-likeness (QED) is 0.851. The normalized spacial score (nSPS) is 13.2. The number of rotatable bonds is 3. The van der Waals surface area contributed by atoms with E-state index in [0.717, 1.165) is 0 Å². The van der Waals surface area contributed by atoms with E-state index in [9.17, 15) is 31.1 Å². The molecule has 0 fully saturated rings. The smallest absolute Gasteiger partial charge is 0.351 e. The van der Waals surface area contributed by atoms with Crippen molar-refractivity contribution in [2.24, 2.45) is 5.41 Å². The first-order valence-corrected chi connectivity index (χ1v) is 5.46. The highest BCUT2D eigenvalue weighted by molar-refractivity contribution is 5.84. The molecule has 0 aliphatic rings. The molecule has 0 aliphatic carbocycles. The summed E-state index contributed by atoms with van der Waals surface area (Å²) in [6.45, 7) is -0.589. The molecule has 0 saturated carbocycles. The third-order valence-corrected chi connectivity index (χ3v) is 2.88. The maximum Gasteiger partial charge on any atom is 0.411 e. The highest BCUT2D eigenvalue weighted by Gasteiger charge is 2.72. The zero-order chi connectivity index (χ0) is 15.6. The number of hydrogen-bond acceptors (Lipinski definition) is 1. The summed E-state index contributed by atoms with van der Waals surface area (Å²) in [5, 5.41) is 1.67. The lowest BCUT2D eigenvalue weighted by Gasteiger charge is -2.32. The van der Waals surface area contributed by atoms with Gasteiger partial charge < -0.3 is 5.32 Å². The summed E-state index contributed by atoms with van der Waals surface area (Å²) in [5.41, 5.74) is -4.04. The van der Waals surface area contributed by atoms with Gasteiger partial charge in [-0.1, -0.05) is 30.3 Å². The second-order valence-electron chi connectivity index (χ2n) is 4.29. The Morgan fingerprint density at radius 3 is 1.85 bits per heavy atom. The number of alkyl halides is 6. The average Bonchev–Trinajstić information content (AvgIpc) is 2.33. The first-order valence-electron chi connectivity index (χ1n) is 5.46. The maximum atomic E-state index is 12.6. The van der Waals surface area contributed by atoms with E-state index in [0.29, 0.717) is 5.56 Å². The minimum absolute atomic E-state index is 0.173. The Labute approximate surface area is 110 Å². The molecule has 0 unspecified atom stereocenters. The molecule has 0 radical (unpaired) electrons. The Morgan fingerprint density at radius 2 is 1.45 bits per heavy atom. The van der Waals surface area contributed by atoms with Gasteiger partial charge in [0.2, 0.25) is 11.3 Å². The lowest BCUT2D eigenvalue weighted by atomic mass is 9.87. The number of carbonyl (C=O) groups is 1. The molecule has 0 heterocycles. The van der Waals surface area contributed by atoms with Gasteiger partial charge in [-0.05, 0) is 12.5 Å². The van der Waals surface area contributed by atoms with Crippen molar-refractivity contribution in [1.29, 1.82) is 0 Å². The predicted octanol–water partition coefficient (Wildman–Crippen LogP) is 3.43. The third kappa shape index (κ3) is 3.05. The Kier molecular flexibility index (Phi) is 4.36. The SMILES string of the molecule is CC(C(=O)NCc1ccccc1)(C(F)(F)F)C(F)(F)F. The van der Waals surface area contributed by atoms with Gasteiger partial charge in [0.25, 0.3) is 0 Å². The van der Waals surface area contributed by atoms with Crippen molar-refractivity contribution in [2.45, 2.75) is 25.8 Å². The van der Waals surface area contributed by atoms with E-state index in [4.69, 9.17) is 0 Å². The van der Waals surface area contributed by atoms with E-state index in [2.05, 4.69) is 0 Å². The van der Waals surface area contributed by atoms with Gasteiger partial charge in [-0.2, -0.15) is 26.3 Å². The summed E-state index contributed by atoms with van der Waals surface area (Å²) in [4.78, 5) is 11.4. The fourth-order valence-corrected chi connectivity index (χ4v) is 1.37. The molecule has 0 atom stereocenters. The lowest BCUT2D eigenvalue weighted by Crippen LogP contribution is -2.57. The highest BCUT2D eigenvalue weighted by atomic mass is 19.4. The second kappa shape index (κ2) is 5.34. The summed E-state index contributed by atoms with van der Waals surface area (Å²) in [6, 6.07) is 7.67. The van der Waals surface area contributed by atoms with Crippen molar-refractivity contribution in [3.05, 3.63) is 35.9 Å². The van der Waals surface area contributed by atoms with E-state index in [1.807, 2.05) is 0 Å². The first-order chi connectivity index (χ1) is 9.00. The summed E-state index contributed by atoms with van der Waals surface area (Å²) >= 11 is 0. The molecule has 2 nitrogen and oxygen atoms in total. The Bertz CT molecular complexity index is 451. The Balaban J connectivity index is 2.92. The summed E-state index contributed by atoms with van der Waals surface area (Å²) in [7, 11) is 0. The van der Waals surface area contributed by atoms with E-state index >= 15 is 0 Å². The third-order valence-electron chi connectivity index (χ3n) is 2.88. The van der Waals surface area contributed by atoms with E-state index < -0.39 is 30.2 Å². The maximum absolute atomic E-state index is 12.6. The van der Waals surface area contributed by atoms with Crippen LogP contribution in [0, 0.1) is 5.41 Å². The van der Waals surface area contributed by atoms with Crippen LogP contribution in [-0.4, -0.2) is 18.3 Å². The first kappa shape index (κ1) is 16.3. The second-order valence-corrected chi connectivity index (χ2v) is 4.29. The summed E-state index contributed by atoms with van der Waals surface area (Å²) in [5.74, 6) is -2.12. The van der Waals surface area contributed by atoms with Crippen LogP contribution in [0.2, 0.25) is 0 Å². The van der Waals surface area contributed by atoms with E-state index in [1.165, 1.54) is 12.1 Å². The van der Waals surface area contributed by atoms with Crippen LogP contribution >= 0.6 is 0 Å². The number of nitrogens with one attached hydrogen (secondary N) is 1. The van der Waals surface area contributed by atoms with Crippen LogP contribution in [0.3, 0.4) is 0 Å². The molecule has 8 heteroatoms. The number of amides is 1. The van der Waals surface area contributed by atoms with Gasteiger partial charge >= 0.3 is 12.4 Å². The minimum Gasteiger partial charge on any atom is -0.351 e. The number of hydrogen-bond donors (Lipinski definition) is 1. The van der Waals surface area contributed by atoms with Gasteiger partial charge in [-0.25, -0.2) is 0 Å². The van der Waals surface area contributed by atoms with Gasteiger partial charge in [0, 0.05) is 6.54 Å². The number of benzene rings is 1. The molecule has 112 valence electrons. The molecule has 20 heavy (non-hydrogen) atoms. The van der Waals surface area contributed by atoms with E-state index in [1.54, 1.807) is 23.5 Å². The van der Waals surface area contributed by atoms with Gasteiger partial charge in [0.1, 0.15) is 0 Å². The largest absolute Gasteiger partial charge is 0.411 e. The van der Waals surface area contributed by atoms with Gasteiger partial charge in [0.05, 0.1) is 0 Å². The van der Waals surface area contributed by atoms with Crippen molar-refractivity contribution in [3.63, 3.8) is 0 Å². The number of halogens is 6.